The molecule has 14 nitrogen and oxygen atoms in total. The predicted molar refractivity (Wildman–Crippen MR) is 133 cm³/mol. The first kappa shape index (κ1) is 31.2. The Bertz CT molecular complexity index is 666. The van der Waals surface area contributed by atoms with Gasteiger partial charge in [0.05, 0.1) is 13.2 Å². The molecule has 2 aliphatic heterocycles. The first-order chi connectivity index (χ1) is 17.0. The first-order valence-corrected chi connectivity index (χ1v) is 12.5. The normalized spacial score (nSPS) is 36.9. The summed E-state index contributed by atoms with van der Waals surface area (Å²) in [5.74, 6) is 0. The maximum absolute atomic E-state index is 10.3. The Kier molecular flexibility index (Phi) is 12.3. The monoisotopic (exact) mass is 558 g/mol. The zero-order valence-electron chi connectivity index (χ0n) is 19.7. The van der Waals surface area contributed by atoms with E-state index in [4.69, 9.17) is 45.4 Å². The van der Waals surface area contributed by atoms with Gasteiger partial charge in [-0.3, -0.25) is 0 Å². The average Bonchev–Trinajstić information content (AvgIpc) is 2.84. The van der Waals surface area contributed by atoms with Gasteiger partial charge in [0.1, 0.15) is 48.8 Å². The molecule has 0 saturated carbocycles. The van der Waals surface area contributed by atoms with Gasteiger partial charge >= 0.3 is 0 Å². The summed E-state index contributed by atoms with van der Waals surface area (Å²) in [5.41, 5.74) is 11.6. The summed E-state index contributed by atoms with van der Waals surface area (Å²) >= 11 is 10.1. The van der Waals surface area contributed by atoms with E-state index in [1.165, 1.54) is 9.80 Å². The van der Waals surface area contributed by atoms with Crippen LogP contribution < -0.4 is 11.5 Å². The lowest BCUT2D eigenvalue weighted by Crippen LogP contribution is -2.64. The number of nitrogens with zero attached hydrogens (tertiary/aromatic N) is 2. The number of aliphatic hydroxyl groups excluding tert-OH is 8. The van der Waals surface area contributed by atoms with Crippen LogP contribution in [0, 0.1) is 0 Å². The molecule has 12 N–H and O–H groups in total. The molecular weight excluding hydrogens is 520 g/mol. The molecule has 2 saturated heterocycles. The Morgan fingerprint density at radius 3 is 1.19 bits per heavy atom. The molecule has 16 heteroatoms. The smallest absolute Gasteiger partial charge is 0.168 e. The van der Waals surface area contributed by atoms with E-state index in [0.717, 1.165) is 0 Å². The van der Waals surface area contributed by atoms with E-state index in [0.29, 0.717) is 25.7 Å². The molecular formula is C20H38N4O10S2. The standard InChI is InChI=1S/C20H38N4O10S2/c21-19(35)23(17-15(31)13(29)11(27)9(7-25)33-17)5-3-1-2-4-6-24(20(22)36)18-16(32)14(30)12(28)10(8-26)34-18/h9-18,25-32H,1-8H2,(H2,21,35)(H2,22,36)/t9-,10-,11-,12-,13+,14+,15-,16-,17-,18-/m1/s1. The lowest BCUT2D eigenvalue weighted by Gasteiger charge is -2.45. The fraction of sp³-hybridized carbons (Fsp3) is 0.900. The SMILES string of the molecule is NC(=S)N(CCCCCCN(C(N)=S)[C@@H]1O[C@H](CO)[C@@H](O)[C@H](O)[C@H]1O)[C@@H]1O[C@H](CO)[C@@H](O)[C@H](O)[C@H]1O. The largest absolute Gasteiger partial charge is 0.394 e. The molecule has 0 aliphatic carbocycles. The second kappa shape index (κ2) is 14.2. The lowest BCUT2D eigenvalue weighted by molar-refractivity contribution is -0.255. The highest BCUT2D eigenvalue weighted by atomic mass is 32.1. The number of unbranched alkanes of at least 4 members (excludes halogenated alkanes) is 3. The molecule has 0 unspecified atom stereocenters. The molecule has 0 spiro atoms. The van der Waals surface area contributed by atoms with E-state index in [1.54, 1.807) is 0 Å². The van der Waals surface area contributed by atoms with Crippen LogP contribution in [0.5, 0.6) is 0 Å². The Hall–Kier alpha value is -1.02. The van der Waals surface area contributed by atoms with Crippen molar-refractivity contribution in [1.82, 2.24) is 9.80 Å². The van der Waals surface area contributed by atoms with E-state index >= 15 is 0 Å². The number of rotatable bonds is 11. The van der Waals surface area contributed by atoms with Gasteiger partial charge < -0.3 is 71.6 Å². The van der Waals surface area contributed by atoms with E-state index in [-0.39, 0.29) is 23.3 Å². The molecule has 2 rings (SSSR count). The van der Waals surface area contributed by atoms with Crippen molar-refractivity contribution in [3.8, 4) is 0 Å². The summed E-state index contributed by atoms with van der Waals surface area (Å²) in [6, 6.07) is 0. The van der Waals surface area contributed by atoms with Gasteiger partial charge in [0.25, 0.3) is 0 Å². The van der Waals surface area contributed by atoms with Crippen LogP contribution in [0.2, 0.25) is 0 Å². The summed E-state index contributed by atoms with van der Waals surface area (Å²) in [4.78, 5) is 2.76. The molecule has 0 aromatic rings. The van der Waals surface area contributed by atoms with Crippen molar-refractivity contribution in [2.45, 2.75) is 87.0 Å². The maximum atomic E-state index is 10.3. The lowest BCUT2D eigenvalue weighted by atomic mass is 9.97. The zero-order chi connectivity index (χ0) is 27.2. The summed E-state index contributed by atoms with van der Waals surface area (Å²) in [5, 5.41) is 79.2. The molecule has 10 atom stereocenters. The second-order valence-electron chi connectivity index (χ2n) is 8.92. The van der Waals surface area contributed by atoms with Gasteiger partial charge in [-0.25, -0.2) is 0 Å². The Morgan fingerprint density at radius 2 is 0.917 bits per heavy atom. The quantitative estimate of drug-likeness (QED) is 0.0845. The minimum Gasteiger partial charge on any atom is -0.394 e. The first-order valence-electron chi connectivity index (χ1n) is 11.7. The van der Waals surface area contributed by atoms with Crippen LogP contribution in [0.15, 0.2) is 0 Å². The fourth-order valence-electron chi connectivity index (χ4n) is 4.32. The van der Waals surface area contributed by atoms with Gasteiger partial charge in [0.15, 0.2) is 22.7 Å². The third-order valence-electron chi connectivity index (χ3n) is 6.46. The van der Waals surface area contributed by atoms with Crippen LogP contribution in [0.3, 0.4) is 0 Å². The number of ether oxygens (including phenoxy) is 2. The molecule has 2 aliphatic rings. The number of nitrogens with two attached hydrogens (primary N) is 2. The van der Waals surface area contributed by atoms with Crippen molar-refractivity contribution >= 4 is 34.7 Å². The van der Waals surface area contributed by atoms with Crippen molar-refractivity contribution in [1.29, 1.82) is 0 Å². The number of hydrogen-bond donors (Lipinski definition) is 10. The summed E-state index contributed by atoms with van der Waals surface area (Å²) in [7, 11) is 0. The zero-order valence-corrected chi connectivity index (χ0v) is 21.3. The number of aliphatic hydroxyl groups is 8. The minimum atomic E-state index is -1.55. The van der Waals surface area contributed by atoms with E-state index in [1.807, 2.05) is 0 Å². The third kappa shape index (κ3) is 7.30. The van der Waals surface area contributed by atoms with Crippen LogP contribution >= 0.6 is 24.4 Å². The van der Waals surface area contributed by atoms with Gasteiger partial charge in [-0.1, -0.05) is 12.8 Å². The van der Waals surface area contributed by atoms with E-state index in [9.17, 15) is 40.9 Å². The Balaban J connectivity index is 1.87. The maximum Gasteiger partial charge on any atom is 0.168 e. The van der Waals surface area contributed by atoms with Crippen molar-refractivity contribution in [2.75, 3.05) is 26.3 Å². The molecule has 0 bridgehead atoms. The summed E-state index contributed by atoms with van der Waals surface area (Å²) < 4.78 is 11.0. The highest BCUT2D eigenvalue weighted by Crippen LogP contribution is 2.25. The molecule has 0 aromatic heterocycles. The van der Waals surface area contributed by atoms with Crippen molar-refractivity contribution in [3.63, 3.8) is 0 Å². The van der Waals surface area contributed by atoms with Crippen molar-refractivity contribution in [3.05, 3.63) is 0 Å². The Morgan fingerprint density at radius 1 is 0.583 bits per heavy atom. The molecule has 36 heavy (non-hydrogen) atoms. The van der Waals surface area contributed by atoms with Gasteiger partial charge in [-0.2, -0.15) is 0 Å². The highest BCUT2D eigenvalue weighted by Gasteiger charge is 2.47. The molecule has 0 amide bonds. The number of thiocarbonyl (C=S) groups is 2. The topological polar surface area (TPSA) is 239 Å². The van der Waals surface area contributed by atoms with Crippen LogP contribution in [-0.2, 0) is 9.47 Å². The summed E-state index contributed by atoms with van der Waals surface area (Å²) in [6.45, 7) is -0.603. The van der Waals surface area contributed by atoms with Gasteiger partial charge in [-0.15, -0.1) is 0 Å². The van der Waals surface area contributed by atoms with Gasteiger partial charge in [0, 0.05) is 13.1 Å². The second-order valence-corrected chi connectivity index (χ2v) is 9.75. The van der Waals surface area contributed by atoms with Crippen LogP contribution in [0.25, 0.3) is 0 Å². The third-order valence-corrected chi connectivity index (χ3v) is 6.93. The van der Waals surface area contributed by atoms with Crippen LogP contribution in [0.4, 0.5) is 0 Å². The fourth-order valence-corrected chi connectivity index (χ4v) is 4.71. The highest BCUT2D eigenvalue weighted by molar-refractivity contribution is 7.80. The molecule has 0 radical (unpaired) electrons. The van der Waals surface area contributed by atoms with E-state index in [2.05, 4.69) is 0 Å². The van der Waals surface area contributed by atoms with E-state index < -0.39 is 74.5 Å². The average molecular weight is 559 g/mol. The number of hydrogen-bond acceptors (Lipinski definition) is 12. The Labute approximate surface area is 219 Å². The molecule has 210 valence electrons. The van der Waals surface area contributed by atoms with Gasteiger partial charge in [-0.05, 0) is 37.3 Å². The molecule has 2 fully saturated rings. The van der Waals surface area contributed by atoms with Gasteiger partial charge in [0.2, 0.25) is 0 Å². The molecule has 0 aromatic carbocycles. The minimum absolute atomic E-state index is 0.0818. The van der Waals surface area contributed by atoms with Crippen LogP contribution in [0.1, 0.15) is 25.7 Å². The molecule has 2 heterocycles. The van der Waals surface area contributed by atoms with Crippen molar-refractivity contribution < 1.29 is 50.3 Å². The summed E-state index contributed by atoms with van der Waals surface area (Å²) in [6.07, 6.45) is -11.1. The predicted octanol–water partition coefficient (Wildman–Crippen LogP) is -4.76. The van der Waals surface area contributed by atoms with Crippen LogP contribution in [-0.4, -0.2) is 148 Å². The van der Waals surface area contributed by atoms with Crippen molar-refractivity contribution in [2.24, 2.45) is 11.5 Å².